The molecule has 19 heavy (non-hydrogen) atoms. The molecule has 1 unspecified atom stereocenters. The van der Waals surface area contributed by atoms with E-state index in [1.165, 1.54) is 7.11 Å². The normalized spacial score (nSPS) is 11.9. The van der Waals surface area contributed by atoms with Crippen molar-refractivity contribution in [3.63, 3.8) is 0 Å². The number of benzene rings is 1. The molecule has 0 fully saturated rings. The summed E-state index contributed by atoms with van der Waals surface area (Å²) in [6.07, 6.45) is 0.686. The molecule has 2 aromatic rings. The number of nitrogens with two attached hydrogens (primary N) is 1. The molecule has 1 aromatic carbocycles. The summed E-state index contributed by atoms with van der Waals surface area (Å²) in [4.78, 5) is 3.97. The fourth-order valence-electron chi connectivity index (χ4n) is 1.87. The Morgan fingerprint density at radius 1 is 1.16 bits per heavy atom. The molecule has 1 heterocycles. The molecule has 3 N–H and O–H groups in total. The Labute approximate surface area is 111 Å². The summed E-state index contributed by atoms with van der Waals surface area (Å²) in [6.45, 7) is 0. The standard InChI is InChI=1S/C14H16N2O3/c1-18-9-5-6-10(12(8-9)19-2)13(17)11-4-3-7-16-14(11)15/h3-8,13,17H,1-2H3,(H2,15,16). The van der Waals surface area contributed by atoms with E-state index in [1.807, 2.05) is 0 Å². The van der Waals surface area contributed by atoms with E-state index in [9.17, 15) is 5.11 Å². The minimum atomic E-state index is -0.894. The molecular formula is C14H16N2O3. The minimum absolute atomic E-state index is 0.299. The zero-order chi connectivity index (χ0) is 13.8. The SMILES string of the molecule is COc1ccc(C(O)c2cccnc2N)c(OC)c1. The Balaban J connectivity index is 2.44. The molecule has 0 saturated carbocycles. The predicted molar refractivity (Wildman–Crippen MR) is 72.3 cm³/mol. The summed E-state index contributed by atoms with van der Waals surface area (Å²) in [6, 6.07) is 8.68. The number of aromatic nitrogens is 1. The van der Waals surface area contributed by atoms with Crippen molar-refractivity contribution in [3.05, 3.63) is 47.7 Å². The van der Waals surface area contributed by atoms with Gasteiger partial charge in [0.25, 0.3) is 0 Å². The van der Waals surface area contributed by atoms with E-state index in [0.29, 0.717) is 28.4 Å². The molecule has 0 amide bonds. The van der Waals surface area contributed by atoms with E-state index < -0.39 is 6.10 Å². The van der Waals surface area contributed by atoms with Crippen LogP contribution in [0.1, 0.15) is 17.2 Å². The molecule has 0 aliphatic heterocycles. The van der Waals surface area contributed by atoms with Crippen LogP contribution in [0.15, 0.2) is 36.5 Å². The van der Waals surface area contributed by atoms with Gasteiger partial charge in [-0.25, -0.2) is 4.98 Å². The number of nitrogen functional groups attached to an aromatic ring is 1. The molecule has 1 atom stereocenters. The van der Waals surface area contributed by atoms with E-state index >= 15 is 0 Å². The number of anilines is 1. The molecule has 0 saturated heterocycles. The molecule has 0 radical (unpaired) electrons. The smallest absolute Gasteiger partial charge is 0.129 e. The van der Waals surface area contributed by atoms with Crippen molar-refractivity contribution in [2.24, 2.45) is 0 Å². The second-order valence-corrected chi connectivity index (χ2v) is 3.99. The average molecular weight is 260 g/mol. The maximum Gasteiger partial charge on any atom is 0.129 e. The number of pyridine rings is 1. The molecule has 0 bridgehead atoms. The summed E-state index contributed by atoms with van der Waals surface area (Å²) in [7, 11) is 3.11. The molecule has 0 spiro atoms. The molecule has 5 nitrogen and oxygen atoms in total. The number of hydrogen-bond acceptors (Lipinski definition) is 5. The van der Waals surface area contributed by atoms with Crippen LogP contribution < -0.4 is 15.2 Å². The van der Waals surface area contributed by atoms with Crippen LogP contribution in [0.2, 0.25) is 0 Å². The highest BCUT2D eigenvalue weighted by atomic mass is 16.5. The van der Waals surface area contributed by atoms with Crippen LogP contribution in [0.5, 0.6) is 11.5 Å². The molecule has 2 rings (SSSR count). The van der Waals surface area contributed by atoms with Crippen molar-refractivity contribution in [1.82, 2.24) is 4.98 Å². The third-order valence-corrected chi connectivity index (χ3v) is 2.90. The third kappa shape index (κ3) is 2.61. The van der Waals surface area contributed by atoms with Gasteiger partial charge in [0, 0.05) is 23.4 Å². The highest BCUT2D eigenvalue weighted by molar-refractivity contribution is 5.50. The third-order valence-electron chi connectivity index (χ3n) is 2.90. The summed E-state index contributed by atoms with van der Waals surface area (Å²) in [5.74, 6) is 1.50. The molecule has 5 heteroatoms. The van der Waals surface area contributed by atoms with E-state index in [1.54, 1.807) is 43.6 Å². The van der Waals surface area contributed by atoms with Crippen LogP contribution >= 0.6 is 0 Å². The molecule has 0 aliphatic carbocycles. The lowest BCUT2D eigenvalue weighted by molar-refractivity contribution is 0.215. The number of aliphatic hydroxyl groups excluding tert-OH is 1. The molecule has 1 aromatic heterocycles. The Kier molecular flexibility index (Phi) is 3.87. The van der Waals surface area contributed by atoms with Gasteiger partial charge in [0.1, 0.15) is 23.4 Å². The molecular weight excluding hydrogens is 244 g/mol. The summed E-state index contributed by atoms with van der Waals surface area (Å²) in [5.41, 5.74) is 6.93. The number of rotatable bonds is 4. The maximum absolute atomic E-state index is 10.4. The zero-order valence-electron chi connectivity index (χ0n) is 10.8. The van der Waals surface area contributed by atoms with E-state index in [4.69, 9.17) is 15.2 Å². The summed E-state index contributed by atoms with van der Waals surface area (Å²) in [5, 5.41) is 10.4. The largest absolute Gasteiger partial charge is 0.497 e. The van der Waals surface area contributed by atoms with Gasteiger partial charge in [-0.2, -0.15) is 0 Å². The first-order chi connectivity index (χ1) is 9.17. The Morgan fingerprint density at radius 2 is 1.95 bits per heavy atom. The number of nitrogens with zero attached hydrogens (tertiary/aromatic N) is 1. The minimum Gasteiger partial charge on any atom is -0.497 e. The van der Waals surface area contributed by atoms with Crippen molar-refractivity contribution in [2.45, 2.75) is 6.10 Å². The highest BCUT2D eigenvalue weighted by Crippen LogP contribution is 2.34. The van der Waals surface area contributed by atoms with Gasteiger partial charge in [-0.15, -0.1) is 0 Å². The summed E-state index contributed by atoms with van der Waals surface area (Å²) >= 11 is 0. The van der Waals surface area contributed by atoms with Crippen molar-refractivity contribution in [1.29, 1.82) is 0 Å². The van der Waals surface area contributed by atoms with Gasteiger partial charge >= 0.3 is 0 Å². The van der Waals surface area contributed by atoms with Crippen LogP contribution in [-0.4, -0.2) is 24.3 Å². The lowest BCUT2D eigenvalue weighted by Crippen LogP contribution is -2.06. The molecule has 100 valence electrons. The van der Waals surface area contributed by atoms with E-state index in [-0.39, 0.29) is 0 Å². The van der Waals surface area contributed by atoms with Gasteiger partial charge in [0.05, 0.1) is 14.2 Å². The fraction of sp³-hybridized carbons (Fsp3) is 0.214. The Hall–Kier alpha value is -2.27. The second kappa shape index (κ2) is 5.58. The van der Waals surface area contributed by atoms with Crippen LogP contribution in [0.25, 0.3) is 0 Å². The van der Waals surface area contributed by atoms with Gasteiger partial charge < -0.3 is 20.3 Å². The first kappa shape index (κ1) is 13.2. The van der Waals surface area contributed by atoms with E-state index in [0.717, 1.165) is 0 Å². The van der Waals surface area contributed by atoms with Gasteiger partial charge in [0.15, 0.2) is 0 Å². The quantitative estimate of drug-likeness (QED) is 0.876. The van der Waals surface area contributed by atoms with Crippen molar-refractivity contribution >= 4 is 5.82 Å². The van der Waals surface area contributed by atoms with E-state index in [2.05, 4.69) is 4.98 Å². The van der Waals surface area contributed by atoms with Crippen LogP contribution in [0.3, 0.4) is 0 Å². The van der Waals surface area contributed by atoms with Crippen LogP contribution in [0.4, 0.5) is 5.82 Å². The monoisotopic (exact) mass is 260 g/mol. The molecule has 0 aliphatic rings. The average Bonchev–Trinajstić information content (AvgIpc) is 2.46. The maximum atomic E-state index is 10.4. The van der Waals surface area contributed by atoms with Crippen LogP contribution in [-0.2, 0) is 0 Å². The fourth-order valence-corrected chi connectivity index (χ4v) is 1.87. The lowest BCUT2D eigenvalue weighted by Gasteiger charge is -2.16. The first-order valence-corrected chi connectivity index (χ1v) is 5.77. The van der Waals surface area contributed by atoms with Gasteiger partial charge in [-0.05, 0) is 18.2 Å². The number of hydrogen-bond donors (Lipinski definition) is 2. The second-order valence-electron chi connectivity index (χ2n) is 3.99. The number of aliphatic hydroxyl groups is 1. The first-order valence-electron chi connectivity index (χ1n) is 5.77. The lowest BCUT2D eigenvalue weighted by atomic mass is 10.0. The predicted octanol–water partition coefficient (Wildman–Crippen LogP) is 1.76. The van der Waals surface area contributed by atoms with Crippen molar-refractivity contribution < 1.29 is 14.6 Å². The summed E-state index contributed by atoms with van der Waals surface area (Å²) < 4.78 is 10.4. The zero-order valence-corrected chi connectivity index (χ0v) is 10.8. The van der Waals surface area contributed by atoms with Gasteiger partial charge in [-0.3, -0.25) is 0 Å². The van der Waals surface area contributed by atoms with Crippen molar-refractivity contribution in [2.75, 3.05) is 20.0 Å². The topological polar surface area (TPSA) is 77.6 Å². The van der Waals surface area contributed by atoms with Gasteiger partial charge in [-0.1, -0.05) is 6.07 Å². The van der Waals surface area contributed by atoms with Crippen LogP contribution in [0, 0.1) is 0 Å². The Bertz CT molecular complexity index is 572. The van der Waals surface area contributed by atoms with Crippen molar-refractivity contribution in [3.8, 4) is 11.5 Å². The Morgan fingerprint density at radius 3 is 2.58 bits per heavy atom. The number of ether oxygens (including phenoxy) is 2. The number of methoxy groups -OCH3 is 2. The van der Waals surface area contributed by atoms with Gasteiger partial charge in [0.2, 0.25) is 0 Å². The highest BCUT2D eigenvalue weighted by Gasteiger charge is 2.18.